The summed E-state index contributed by atoms with van der Waals surface area (Å²) in [5.74, 6) is 6.71. The standard InChI is InChI=1S/C15H12S/c16-12-6-10-14-9-4-5-11-15(14)13-7-2-1-3-8-13/h1-5,7-9,11,16H,12H2. The Morgan fingerprint density at radius 2 is 1.56 bits per heavy atom. The third-order valence-electron chi connectivity index (χ3n) is 2.31. The van der Waals surface area contributed by atoms with Gasteiger partial charge in [-0.05, 0) is 17.2 Å². The van der Waals surface area contributed by atoms with Crippen LogP contribution in [-0.4, -0.2) is 5.75 Å². The third-order valence-corrected chi connectivity index (χ3v) is 2.47. The number of benzene rings is 2. The molecule has 0 atom stereocenters. The van der Waals surface area contributed by atoms with E-state index >= 15 is 0 Å². The SMILES string of the molecule is SCC#Cc1ccccc1-c1ccccc1. The van der Waals surface area contributed by atoms with Crippen molar-refractivity contribution in [3.63, 3.8) is 0 Å². The van der Waals surface area contributed by atoms with Gasteiger partial charge in [0.25, 0.3) is 0 Å². The van der Waals surface area contributed by atoms with Gasteiger partial charge in [-0.25, -0.2) is 0 Å². The van der Waals surface area contributed by atoms with E-state index in [1.807, 2.05) is 36.4 Å². The summed E-state index contributed by atoms with van der Waals surface area (Å²) < 4.78 is 0. The summed E-state index contributed by atoms with van der Waals surface area (Å²) in [5, 5.41) is 0. The smallest absolute Gasteiger partial charge is 0.0521 e. The van der Waals surface area contributed by atoms with E-state index in [-0.39, 0.29) is 0 Å². The second-order valence-electron chi connectivity index (χ2n) is 3.37. The molecule has 2 aromatic rings. The summed E-state index contributed by atoms with van der Waals surface area (Å²) in [5.41, 5.74) is 3.44. The number of hydrogen-bond donors (Lipinski definition) is 1. The lowest BCUT2D eigenvalue weighted by molar-refractivity contribution is 1.58. The lowest BCUT2D eigenvalue weighted by Crippen LogP contribution is -1.83. The molecule has 0 bridgehead atoms. The van der Waals surface area contributed by atoms with Crippen molar-refractivity contribution in [2.24, 2.45) is 0 Å². The Kier molecular flexibility index (Phi) is 3.69. The van der Waals surface area contributed by atoms with Crippen molar-refractivity contribution in [2.45, 2.75) is 0 Å². The minimum Gasteiger partial charge on any atom is -0.166 e. The van der Waals surface area contributed by atoms with Crippen molar-refractivity contribution in [1.82, 2.24) is 0 Å². The Hall–Kier alpha value is -1.65. The molecule has 0 aromatic heterocycles. The van der Waals surface area contributed by atoms with Gasteiger partial charge in [0.15, 0.2) is 0 Å². The third kappa shape index (κ3) is 2.48. The Balaban J connectivity index is 2.49. The Morgan fingerprint density at radius 3 is 2.31 bits per heavy atom. The van der Waals surface area contributed by atoms with Crippen LogP contribution in [-0.2, 0) is 0 Å². The molecule has 2 aromatic carbocycles. The quantitative estimate of drug-likeness (QED) is 0.555. The summed E-state index contributed by atoms with van der Waals surface area (Å²) in [7, 11) is 0. The van der Waals surface area contributed by atoms with E-state index in [9.17, 15) is 0 Å². The fourth-order valence-electron chi connectivity index (χ4n) is 1.60. The van der Waals surface area contributed by atoms with Gasteiger partial charge in [0.05, 0.1) is 5.75 Å². The largest absolute Gasteiger partial charge is 0.166 e. The Bertz CT molecular complexity index is 518. The lowest BCUT2D eigenvalue weighted by atomic mass is 10.0. The van der Waals surface area contributed by atoms with Gasteiger partial charge in [-0.2, -0.15) is 12.6 Å². The van der Waals surface area contributed by atoms with Gasteiger partial charge in [-0.3, -0.25) is 0 Å². The molecule has 0 fully saturated rings. The summed E-state index contributed by atoms with van der Waals surface area (Å²) in [6.07, 6.45) is 0. The molecule has 0 nitrogen and oxygen atoms in total. The molecule has 78 valence electrons. The van der Waals surface area contributed by atoms with E-state index in [4.69, 9.17) is 0 Å². The molecule has 0 radical (unpaired) electrons. The van der Waals surface area contributed by atoms with Gasteiger partial charge in [-0.1, -0.05) is 60.4 Å². The maximum atomic E-state index is 4.10. The second-order valence-corrected chi connectivity index (χ2v) is 3.69. The van der Waals surface area contributed by atoms with Gasteiger partial charge in [0, 0.05) is 5.56 Å². The molecule has 0 spiro atoms. The first-order chi connectivity index (χ1) is 7.92. The maximum absolute atomic E-state index is 4.10. The molecule has 1 heteroatoms. The summed E-state index contributed by atoms with van der Waals surface area (Å²) in [6, 6.07) is 18.5. The van der Waals surface area contributed by atoms with Crippen molar-refractivity contribution in [1.29, 1.82) is 0 Å². The molecule has 0 aliphatic heterocycles. The molecule has 0 aliphatic carbocycles. The molecule has 2 rings (SSSR count). The first kappa shape index (κ1) is 10.9. The van der Waals surface area contributed by atoms with Crippen molar-refractivity contribution >= 4 is 12.6 Å². The van der Waals surface area contributed by atoms with Crippen molar-refractivity contribution in [2.75, 3.05) is 5.75 Å². The van der Waals surface area contributed by atoms with Crippen LogP contribution >= 0.6 is 12.6 Å². The minimum absolute atomic E-state index is 0.586. The van der Waals surface area contributed by atoms with Crippen LogP contribution in [0.25, 0.3) is 11.1 Å². The lowest BCUT2D eigenvalue weighted by Gasteiger charge is -2.03. The van der Waals surface area contributed by atoms with Crippen LogP contribution in [0.4, 0.5) is 0 Å². The predicted molar refractivity (Wildman–Crippen MR) is 72.6 cm³/mol. The summed E-state index contributed by atoms with van der Waals surface area (Å²) in [4.78, 5) is 0. The van der Waals surface area contributed by atoms with E-state index in [0.29, 0.717) is 5.75 Å². The highest BCUT2D eigenvalue weighted by Gasteiger charge is 2.00. The molecule has 0 amide bonds. The van der Waals surface area contributed by atoms with Crippen LogP contribution in [0.1, 0.15) is 5.56 Å². The zero-order valence-corrected chi connectivity index (χ0v) is 9.74. The molecule has 0 saturated carbocycles. The number of hydrogen-bond acceptors (Lipinski definition) is 1. The minimum atomic E-state index is 0.586. The first-order valence-corrected chi connectivity index (χ1v) is 5.79. The zero-order valence-electron chi connectivity index (χ0n) is 8.85. The van der Waals surface area contributed by atoms with Gasteiger partial charge in [0.1, 0.15) is 0 Å². The van der Waals surface area contributed by atoms with E-state index in [1.165, 1.54) is 11.1 Å². The molecule has 0 aliphatic rings. The normalized spacial score (nSPS) is 9.31. The predicted octanol–water partition coefficient (Wildman–Crippen LogP) is 3.63. The van der Waals surface area contributed by atoms with Gasteiger partial charge < -0.3 is 0 Å². The maximum Gasteiger partial charge on any atom is 0.0521 e. The number of thiol groups is 1. The van der Waals surface area contributed by atoms with E-state index < -0.39 is 0 Å². The van der Waals surface area contributed by atoms with E-state index in [2.05, 4.69) is 42.7 Å². The average molecular weight is 224 g/mol. The highest BCUT2D eigenvalue weighted by atomic mass is 32.1. The molecule has 0 N–H and O–H groups in total. The van der Waals surface area contributed by atoms with E-state index in [0.717, 1.165) is 5.56 Å². The molecular formula is C15H12S. The van der Waals surface area contributed by atoms with Crippen molar-refractivity contribution in [3.05, 3.63) is 60.2 Å². The van der Waals surface area contributed by atoms with E-state index in [1.54, 1.807) is 0 Å². The fourth-order valence-corrected chi connectivity index (χ4v) is 1.68. The molecule has 0 saturated heterocycles. The molecular weight excluding hydrogens is 212 g/mol. The van der Waals surface area contributed by atoms with Crippen LogP contribution in [0.15, 0.2) is 54.6 Å². The van der Waals surface area contributed by atoms with Crippen LogP contribution < -0.4 is 0 Å². The number of rotatable bonds is 1. The second kappa shape index (κ2) is 5.44. The van der Waals surface area contributed by atoms with Crippen molar-refractivity contribution < 1.29 is 0 Å². The monoisotopic (exact) mass is 224 g/mol. The van der Waals surface area contributed by atoms with Crippen LogP contribution in [0.2, 0.25) is 0 Å². The van der Waals surface area contributed by atoms with Gasteiger partial charge in [0.2, 0.25) is 0 Å². The first-order valence-electron chi connectivity index (χ1n) is 5.16. The summed E-state index contributed by atoms with van der Waals surface area (Å²) >= 11 is 4.10. The summed E-state index contributed by atoms with van der Waals surface area (Å²) in [6.45, 7) is 0. The van der Waals surface area contributed by atoms with Crippen LogP contribution in [0.3, 0.4) is 0 Å². The van der Waals surface area contributed by atoms with Crippen LogP contribution in [0, 0.1) is 11.8 Å². The molecule has 0 unspecified atom stereocenters. The topological polar surface area (TPSA) is 0 Å². The molecule has 0 heterocycles. The Morgan fingerprint density at radius 1 is 0.875 bits per heavy atom. The fraction of sp³-hybridized carbons (Fsp3) is 0.0667. The van der Waals surface area contributed by atoms with Gasteiger partial charge in [-0.15, -0.1) is 0 Å². The highest BCUT2D eigenvalue weighted by molar-refractivity contribution is 7.80. The van der Waals surface area contributed by atoms with Crippen molar-refractivity contribution in [3.8, 4) is 23.0 Å². The average Bonchev–Trinajstić information content (AvgIpc) is 2.38. The Labute approximate surface area is 102 Å². The van der Waals surface area contributed by atoms with Gasteiger partial charge >= 0.3 is 0 Å². The zero-order chi connectivity index (χ0) is 11.2. The highest BCUT2D eigenvalue weighted by Crippen LogP contribution is 2.22. The van der Waals surface area contributed by atoms with Crippen LogP contribution in [0.5, 0.6) is 0 Å². The molecule has 16 heavy (non-hydrogen) atoms.